The highest BCUT2D eigenvalue weighted by molar-refractivity contribution is 6.32. The fourth-order valence-corrected chi connectivity index (χ4v) is 3.01. The second-order valence-electron chi connectivity index (χ2n) is 4.96. The summed E-state index contributed by atoms with van der Waals surface area (Å²) >= 11 is 11.9. The first-order valence-corrected chi connectivity index (χ1v) is 7.61. The lowest BCUT2D eigenvalue weighted by Gasteiger charge is -2.22. The van der Waals surface area contributed by atoms with Crippen molar-refractivity contribution in [2.45, 2.75) is 38.5 Å². The summed E-state index contributed by atoms with van der Waals surface area (Å²) < 4.78 is 0. The number of rotatable bonds is 3. The van der Waals surface area contributed by atoms with Gasteiger partial charge >= 0.3 is 0 Å². The van der Waals surface area contributed by atoms with Gasteiger partial charge in [0, 0.05) is 25.2 Å². The zero-order valence-corrected chi connectivity index (χ0v) is 12.3. The van der Waals surface area contributed by atoms with Gasteiger partial charge in [-0.1, -0.05) is 24.9 Å². The van der Waals surface area contributed by atoms with Gasteiger partial charge in [-0.25, -0.2) is 4.98 Å². The van der Waals surface area contributed by atoms with Gasteiger partial charge in [0.2, 0.25) is 0 Å². The molecule has 0 spiro atoms. The minimum atomic E-state index is 0.444. The molecule has 1 saturated heterocycles. The fourth-order valence-electron chi connectivity index (χ4n) is 2.55. The highest BCUT2D eigenvalue weighted by atomic mass is 35.5. The van der Waals surface area contributed by atoms with Crippen molar-refractivity contribution < 1.29 is 0 Å². The van der Waals surface area contributed by atoms with Crippen molar-refractivity contribution in [1.29, 1.82) is 0 Å². The van der Waals surface area contributed by atoms with E-state index < -0.39 is 0 Å². The molecule has 0 radical (unpaired) electrons. The Morgan fingerprint density at radius 2 is 2.22 bits per heavy atom. The zero-order chi connectivity index (χ0) is 13.0. The van der Waals surface area contributed by atoms with Gasteiger partial charge in [-0.2, -0.15) is 0 Å². The van der Waals surface area contributed by atoms with Crippen LogP contribution < -0.4 is 4.90 Å². The van der Waals surface area contributed by atoms with Crippen LogP contribution >= 0.6 is 23.2 Å². The summed E-state index contributed by atoms with van der Waals surface area (Å²) in [5.41, 5.74) is 0.972. The predicted molar refractivity (Wildman–Crippen MR) is 78.6 cm³/mol. The van der Waals surface area contributed by atoms with Gasteiger partial charge in [0.1, 0.15) is 5.82 Å². The van der Waals surface area contributed by atoms with Crippen LogP contribution in [0.5, 0.6) is 0 Å². The van der Waals surface area contributed by atoms with E-state index in [9.17, 15) is 0 Å². The zero-order valence-electron chi connectivity index (χ0n) is 10.8. The van der Waals surface area contributed by atoms with Crippen molar-refractivity contribution in [3.05, 3.63) is 22.8 Å². The Bertz CT molecular complexity index is 395. The largest absolute Gasteiger partial charge is 0.357 e. The number of hydrogen-bond acceptors (Lipinski definition) is 2. The molecular weight excluding hydrogens is 267 g/mol. The third-order valence-electron chi connectivity index (χ3n) is 3.81. The number of alkyl halides is 1. The molecule has 0 bridgehead atoms. The molecule has 1 unspecified atom stereocenters. The highest BCUT2D eigenvalue weighted by Crippen LogP contribution is 2.26. The van der Waals surface area contributed by atoms with Crippen LogP contribution in [0.1, 0.15) is 38.2 Å². The fraction of sp³-hybridized carbons (Fsp3) is 0.643. The first-order valence-electron chi connectivity index (χ1n) is 6.70. The normalized spacial score (nSPS) is 20.8. The Balaban J connectivity index is 2.11. The molecule has 4 heteroatoms. The summed E-state index contributed by atoms with van der Waals surface area (Å²) in [6.07, 6.45) is 6.85. The molecule has 1 aromatic rings. The predicted octanol–water partition coefficient (Wildman–Crippen LogP) is 4.49. The number of nitrogens with zero attached hydrogens (tertiary/aromatic N) is 2. The van der Waals surface area contributed by atoms with E-state index in [1.54, 1.807) is 6.20 Å². The van der Waals surface area contributed by atoms with Crippen LogP contribution in [0, 0.1) is 5.92 Å². The lowest BCUT2D eigenvalue weighted by Crippen LogP contribution is -2.25. The van der Waals surface area contributed by atoms with Crippen molar-refractivity contribution in [1.82, 2.24) is 4.98 Å². The molecule has 0 aliphatic carbocycles. The lowest BCUT2D eigenvalue weighted by molar-refractivity contribution is 0.459. The Morgan fingerprint density at radius 1 is 1.39 bits per heavy atom. The molecule has 18 heavy (non-hydrogen) atoms. The SMILES string of the molecule is CCC1CCCN(c2cc(CCl)c(Cl)cn2)CC1. The van der Waals surface area contributed by atoms with E-state index in [-0.39, 0.29) is 0 Å². The van der Waals surface area contributed by atoms with Crippen LogP contribution in [0.15, 0.2) is 12.3 Å². The van der Waals surface area contributed by atoms with Crippen molar-refractivity contribution in [3.8, 4) is 0 Å². The maximum Gasteiger partial charge on any atom is 0.128 e. The Kier molecular flexibility index (Phi) is 5.13. The standard InChI is InChI=1S/C14H20Cl2N2/c1-2-11-4-3-6-18(7-5-11)14-8-12(9-15)13(16)10-17-14/h8,10-11H,2-7,9H2,1H3. The van der Waals surface area contributed by atoms with E-state index in [1.807, 2.05) is 6.07 Å². The van der Waals surface area contributed by atoms with Gasteiger partial charge < -0.3 is 4.90 Å². The number of pyridine rings is 1. The highest BCUT2D eigenvalue weighted by Gasteiger charge is 2.17. The van der Waals surface area contributed by atoms with Gasteiger partial charge in [0.05, 0.1) is 5.02 Å². The van der Waals surface area contributed by atoms with Crippen LogP contribution in [0.4, 0.5) is 5.82 Å². The van der Waals surface area contributed by atoms with E-state index in [0.717, 1.165) is 30.4 Å². The average molecular weight is 287 g/mol. The Labute approximate surface area is 119 Å². The Hall–Kier alpha value is -0.470. The smallest absolute Gasteiger partial charge is 0.128 e. The molecule has 1 aromatic heterocycles. The number of aromatic nitrogens is 1. The molecule has 100 valence electrons. The number of anilines is 1. The molecule has 0 amide bonds. The molecule has 0 saturated carbocycles. The van der Waals surface area contributed by atoms with Gasteiger partial charge in [0.15, 0.2) is 0 Å². The third-order valence-corrected chi connectivity index (χ3v) is 4.44. The Morgan fingerprint density at radius 3 is 2.94 bits per heavy atom. The third kappa shape index (κ3) is 3.30. The van der Waals surface area contributed by atoms with Crippen molar-refractivity contribution >= 4 is 29.0 Å². The van der Waals surface area contributed by atoms with Crippen LogP contribution in [-0.2, 0) is 5.88 Å². The van der Waals surface area contributed by atoms with Gasteiger partial charge in [-0.3, -0.25) is 0 Å². The summed E-state index contributed by atoms with van der Waals surface area (Å²) in [5.74, 6) is 2.33. The molecule has 0 aromatic carbocycles. The number of halogens is 2. The van der Waals surface area contributed by atoms with Gasteiger partial charge in [-0.15, -0.1) is 11.6 Å². The summed E-state index contributed by atoms with van der Waals surface area (Å²) in [4.78, 5) is 6.80. The van der Waals surface area contributed by atoms with E-state index >= 15 is 0 Å². The van der Waals surface area contributed by atoms with Crippen LogP contribution in [0.25, 0.3) is 0 Å². The summed E-state index contributed by atoms with van der Waals surface area (Å²) in [6, 6.07) is 2.03. The summed E-state index contributed by atoms with van der Waals surface area (Å²) in [7, 11) is 0. The second-order valence-corrected chi connectivity index (χ2v) is 5.63. The molecule has 0 N–H and O–H groups in total. The molecule has 1 fully saturated rings. The minimum Gasteiger partial charge on any atom is -0.357 e. The van der Waals surface area contributed by atoms with Crippen LogP contribution in [0.3, 0.4) is 0 Å². The lowest BCUT2D eigenvalue weighted by atomic mass is 9.98. The maximum absolute atomic E-state index is 6.05. The summed E-state index contributed by atoms with van der Waals surface area (Å²) in [6.45, 7) is 4.47. The van der Waals surface area contributed by atoms with Crippen LogP contribution in [0.2, 0.25) is 5.02 Å². The van der Waals surface area contributed by atoms with Crippen LogP contribution in [-0.4, -0.2) is 18.1 Å². The molecule has 1 aliphatic heterocycles. The molecule has 2 heterocycles. The van der Waals surface area contributed by atoms with Crippen molar-refractivity contribution in [3.63, 3.8) is 0 Å². The molecule has 2 nitrogen and oxygen atoms in total. The first-order chi connectivity index (χ1) is 8.74. The first kappa shape index (κ1) is 14.0. The van der Waals surface area contributed by atoms with E-state index in [1.165, 1.54) is 25.7 Å². The molecular formula is C14H20Cl2N2. The quantitative estimate of drug-likeness (QED) is 0.761. The van der Waals surface area contributed by atoms with Crippen molar-refractivity contribution in [2.24, 2.45) is 5.92 Å². The second kappa shape index (κ2) is 6.63. The monoisotopic (exact) mass is 286 g/mol. The average Bonchev–Trinajstić information content (AvgIpc) is 2.64. The molecule has 1 aliphatic rings. The summed E-state index contributed by atoms with van der Waals surface area (Å²) in [5, 5.41) is 0.662. The topological polar surface area (TPSA) is 16.1 Å². The number of hydrogen-bond donors (Lipinski definition) is 0. The molecule has 2 rings (SSSR count). The molecule has 1 atom stereocenters. The van der Waals surface area contributed by atoms with E-state index in [2.05, 4.69) is 16.8 Å². The van der Waals surface area contributed by atoms with Gasteiger partial charge in [0.25, 0.3) is 0 Å². The van der Waals surface area contributed by atoms with Gasteiger partial charge in [-0.05, 0) is 36.8 Å². The van der Waals surface area contributed by atoms with Crippen molar-refractivity contribution in [2.75, 3.05) is 18.0 Å². The minimum absolute atomic E-state index is 0.444. The maximum atomic E-state index is 6.05. The van der Waals surface area contributed by atoms with E-state index in [4.69, 9.17) is 23.2 Å². The van der Waals surface area contributed by atoms with E-state index in [0.29, 0.717) is 10.9 Å².